The predicted octanol–water partition coefficient (Wildman–Crippen LogP) is 6.38. The number of carbonyl (C=O) groups is 1. The van der Waals surface area contributed by atoms with E-state index >= 15 is 0 Å². The third kappa shape index (κ3) is 10.6. The van der Waals surface area contributed by atoms with Crippen LogP contribution in [0.1, 0.15) is 84.3 Å². The lowest BCUT2D eigenvalue weighted by Crippen LogP contribution is -2.03. The smallest absolute Gasteiger partial charge is 0.129 e. The highest BCUT2D eigenvalue weighted by atomic mass is 16.1. The molecule has 0 aliphatic carbocycles. The van der Waals surface area contributed by atoms with E-state index in [4.69, 9.17) is 0 Å². The van der Waals surface area contributed by atoms with Gasteiger partial charge in [-0.25, -0.2) is 0 Å². The van der Waals surface area contributed by atoms with Crippen molar-refractivity contribution < 1.29 is 4.79 Å². The Morgan fingerprint density at radius 2 is 1.55 bits per heavy atom. The molecular formula is C21H36O. The summed E-state index contributed by atoms with van der Waals surface area (Å²) >= 11 is 0. The van der Waals surface area contributed by atoms with E-state index in [-0.39, 0.29) is 0 Å². The summed E-state index contributed by atoms with van der Waals surface area (Å²) < 4.78 is 0. The Kier molecular flexibility index (Phi) is 12.9. The van der Waals surface area contributed by atoms with Gasteiger partial charge < -0.3 is 4.79 Å². The molecule has 0 heterocycles. The van der Waals surface area contributed by atoms with Gasteiger partial charge in [0.2, 0.25) is 0 Å². The number of hydrogen-bond acceptors (Lipinski definition) is 1. The monoisotopic (exact) mass is 304 g/mol. The molecule has 0 aromatic heterocycles. The van der Waals surface area contributed by atoms with Gasteiger partial charge in [0.1, 0.15) is 5.78 Å². The van der Waals surface area contributed by atoms with Crippen molar-refractivity contribution in [3.05, 3.63) is 35.4 Å². The standard InChI is InChI=1S/C18H28O.C3H8/c1-4-7-16(5-2)14-18-12-10-17(11-13-18)9-6-8-15(3)19;1-3-2/h10-13,16H,4-9,14H2,1-3H3;3H2,1-2H3. The van der Waals surface area contributed by atoms with Crippen LogP contribution in [0.15, 0.2) is 24.3 Å². The average molecular weight is 305 g/mol. The zero-order valence-electron chi connectivity index (χ0n) is 15.5. The molecule has 0 bridgehead atoms. The fourth-order valence-electron chi connectivity index (χ4n) is 2.58. The van der Waals surface area contributed by atoms with E-state index in [1.54, 1.807) is 6.92 Å². The van der Waals surface area contributed by atoms with Crippen molar-refractivity contribution >= 4 is 5.78 Å². The molecule has 22 heavy (non-hydrogen) atoms. The number of ketones is 1. The normalized spacial score (nSPS) is 11.5. The van der Waals surface area contributed by atoms with Crippen molar-refractivity contribution in [1.29, 1.82) is 0 Å². The highest BCUT2D eigenvalue weighted by molar-refractivity contribution is 5.75. The maximum absolute atomic E-state index is 10.9. The largest absolute Gasteiger partial charge is 0.300 e. The van der Waals surface area contributed by atoms with Gasteiger partial charge in [-0.15, -0.1) is 0 Å². The topological polar surface area (TPSA) is 17.1 Å². The molecule has 1 heteroatoms. The zero-order chi connectivity index (χ0) is 16.8. The van der Waals surface area contributed by atoms with Gasteiger partial charge in [0, 0.05) is 6.42 Å². The van der Waals surface area contributed by atoms with Crippen LogP contribution in [0.25, 0.3) is 0 Å². The van der Waals surface area contributed by atoms with Crippen LogP contribution in [0.3, 0.4) is 0 Å². The third-order valence-corrected chi connectivity index (χ3v) is 3.82. The fourth-order valence-corrected chi connectivity index (χ4v) is 2.58. The minimum atomic E-state index is 0.293. The Labute approximate surface area is 138 Å². The van der Waals surface area contributed by atoms with Crippen molar-refractivity contribution in [1.82, 2.24) is 0 Å². The highest BCUT2D eigenvalue weighted by Crippen LogP contribution is 2.18. The molecule has 0 aliphatic rings. The number of rotatable bonds is 9. The molecule has 0 radical (unpaired) electrons. The Balaban J connectivity index is 0.00000135. The van der Waals surface area contributed by atoms with Crippen molar-refractivity contribution in [2.24, 2.45) is 5.92 Å². The van der Waals surface area contributed by atoms with Crippen LogP contribution in [0.5, 0.6) is 0 Å². The van der Waals surface area contributed by atoms with Gasteiger partial charge in [0.05, 0.1) is 0 Å². The molecule has 0 aliphatic heterocycles. The molecule has 0 saturated carbocycles. The average Bonchev–Trinajstić information content (AvgIpc) is 2.49. The summed E-state index contributed by atoms with van der Waals surface area (Å²) in [5.74, 6) is 1.12. The molecule has 0 saturated heterocycles. The maximum Gasteiger partial charge on any atom is 0.129 e. The number of carbonyl (C=O) groups excluding carboxylic acids is 1. The summed E-state index contributed by atoms with van der Waals surface area (Å²) in [6, 6.07) is 8.99. The van der Waals surface area contributed by atoms with E-state index in [0.717, 1.165) is 18.8 Å². The lowest BCUT2D eigenvalue weighted by Gasteiger charge is -2.14. The summed E-state index contributed by atoms with van der Waals surface area (Å²) in [5.41, 5.74) is 2.81. The van der Waals surface area contributed by atoms with Crippen molar-refractivity contribution in [2.75, 3.05) is 0 Å². The molecule has 0 N–H and O–H groups in total. The molecule has 126 valence electrons. The van der Waals surface area contributed by atoms with Crippen LogP contribution in [0, 0.1) is 5.92 Å². The molecule has 1 unspecified atom stereocenters. The second kappa shape index (κ2) is 13.5. The van der Waals surface area contributed by atoms with Gasteiger partial charge in [-0.3, -0.25) is 0 Å². The minimum Gasteiger partial charge on any atom is -0.300 e. The Hall–Kier alpha value is -1.11. The van der Waals surface area contributed by atoms with Gasteiger partial charge in [0.15, 0.2) is 0 Å². The lowest BCUT2D eigenvalue weighted by molar-refractivity contribution is -0.117. The molecular weight excluding hydrogens is 268 g/mol. The first kappa shape index (κ1) is 20.9. The third-order valence-electron chi connectivity index (χ3n) is 3.82. The summed E-state index contributed by atoms with van der Waals surface area (Å²) in [5, 5.41) is 0. The SMILES string of the molecule is CCC.CCCC(CC)Cc1ccc(CCCC(C)=O)cc1. The second-order valence-electron chi connectivity index (χ2n) is 6.35. The van der Waals surface area contributed by atoms with Crippen molar-refractivity contribution in [3.8, 4) is 0 Å². The number of aryl methyl sites for hydroxylation is 1. The first-order chi connectivity index (χ1) is 10.6. The number of benzene rings is 1. The Morgan fingerprint density at radius 3 is 2.00 bits per heavy atom. The van der Waals surface area contributed by atoms with Crippen molar-refractivity contribution in [2.45, 2.75) is 86.0 Å². The molecule has 0 fully saturated rings. The Bertz CT molecular complexity index is 377. The van der Waals surface area contributed by atoms with E-state index in [9.17, 15) is 4.79 Å². The predicted molar refractivity (Wildman–Crippen MR) is 98.4 cm³/mol. The molecule has 1 aromatic rings. The fraction of sp³-hybridized carbons (Fsp3) is 0.667. The molecule has 1 rings (SSSR count). The zero-order valence-corrected chi connectivity index (χ0v) is 15.5. The summed E-state index contributed by atoms with van der Waals surface area (Å²) in [6.45, 7) is 10.5. The molecule has 1 atom stereocenters. The van der Waals surface area contributed by atoms with Gasteiger partial charge in [-0.1, -0.05) is 77.6 Å². The summed E-state index contributed by atoms with van der Waals surface area (Å²) in [6.07, 6.45) is 9.04. The molecule has 0 spiro atoms. The van der Waals surface area contributed by atoms with Crippen LogP contribution in [0.2, 0.25) is 0 Å². The van der Waals surface area contributed by atoms with Gasteiger partial charge in [-0.2, -0.15) is 0 Å². The number of hydrogen-bond donors (Lipinski definition) is 0. The first-order valence-electron chi connectivity index (χ1n) is 9.14. The van der Waals surface area contributed by atoms with E-state index in [2.05, 4.69) is 52.0 Å². The van der Waals surface area contributed by atoms with Crippen molar-refractivity contribution in [3.63, 3.8) is 0 Å². The van der Waals surface area contributed by atoms with Gasteiger partial charge >= 0.3 is 0 Å². The minimum absolute atomic E-state index is 0.293. The van der Waals surface area contributed by atoms with E-state index in [1.807, 2.05) is 0 Å². The van der Waals surface area contributed by atoms with E-state index in [1.165, 1.54) is 43.2 Å². The molecule has 0 amide bonds. The number of Topliss-reactive ketones (excluding diaryl/α,β-unsaturated/α-hetero) is 1. The molecule has 1 aromatic carbocycles. The van der Waals surface area contributed by atoms with E-state index < -0.39 is 0 Å². The van der Waals surface area contributed by atoms with Gasteiger partial charge in [0.25, 0.3) is 0 Å². The molecule has 1 nitrogen and oxygen atoms in total. The highest BCUT2D eigenvalue weighted by Gasteiger charge is 2.06. The lowest BCUT2D eigenvalue weighted by atomic mass is 9.92. The first-order valence-corrected chi connectivity index (χ1v) is 9.14. The van der Waals surface area contributed by atoms with Crippen LogP contribution in [0.4, 0.5) is 0 Å². The van der Waals surface area contributed by atoms with Gasteiger partial charge in [-0.05, 0) is 43.2 Å². The van der Waals surface area contributed by atoms with E-state index in [0.29, 0.717) is 12.2 Å². The van der Waals surface area contributed by atoms with Crippen LogP contribution < -0.4 is 0 Å². The summed E-state index contributed by atoms with van der Waals surface area (Å²) in [7, 11) is 0. The second-order valence-corrected chi connectivity index (χ2v) is 6.35. The Morgan fingerprint density at radius 1 is 1.00 bits per heavy atom. The van der Waals surface area contributed by atoms with Crippen LogP contribution in [-0.2, 0) is 17.6 Å². The van der Waals surface area contributed by atoms with Crippen LogP contribution in [-0.4, -0.2) is 5.78 Å². The summed E-state index contributed by atoms with van der Waals surface area (Å²) in [4.78, 5) is 10.9. The van der Waals surface area contributed by atoms with Crippen LogP contribution >= 0.6 is 0 Å². The maximum atomic E-state index is 10.9. The quantitative estimate of drug-likeness (QED) is 0.517.